The van der Waals surface area contributed by atoms with Gasteiger partial charge in [-0.3, -0.25) is 14.5 Å². The molecule has 11 heteroatoms. The molecule has 0 bridgehead atoms. The highest BCUT2D eigenvalue weighted by Gasteiger charge is 2.69. The SMILES string of the molecule is CC(C)(C)OC(=O)N1C[C@H]2[C@@H]([C@H]1C(=S)N[C@@H](C[C@@H]1CCNC1=O)C(=O)c1nc3c(F)cccc3s1)C2(C)C. The van der Waals surface area contributed by atoms with E-state index in [1.807, 2.05) is 20.8 Å². The van der Waals surface area contributed by atoms with Crippen molar-refractivity contribution >= 4 is 56.5 Å². The minimum Gasteiger partial charge on any atom is -0.444 e. The third-order valence-electron chi connectivity index (χ3n) is 8.00. The van der Waals surface area contributed by atoms with Crippen LogP contribution < -0.4 is 10.6 Å². The quantitative estimate of drug-likeness (QED) is 0.401. The van der Waals surface area contributed by atoms with Crippen LogP contribution >= 0.6 is 23.6 Å². The Balaban J connectivity index is 1.42. The number of carbonyl (C=O) groups excluding carboxylic acids is 3. The Morgan fingerprint density at radius 1 is 1.37 bits per heavy atom. The molecule has 1 aromatic heterocycles. The van der Waals surface area contributed by atoms with Crippen molar-refractivity contribution in [2.24, 2.45) is 23.2 Å². The normalized spacial score (nSPS) is 26.6. The minimum absolute atomic E-state index is 0.00429. The van der Waals surface area contributed by atoms with Crippen LogP contribution in [0.3, 0.4) is 0 Å². The summed E-state index contributed by atoms with van der Waals surface area (Å²) in [7, 11) is 0. The predicted molar refractivity (Wildman–Crippen MR) is 147 cm³/mol. The average Bonchev–Trinajstić information content (AvgIpc) is 3.34. The summed E-state index contributed by atoms with van der Waals surface area (Å²) in [6.07, 6.45) is 0.394. The number of hydrogen-bond donors (Lipinski definition) is 2. The summed E-state index contributed by atoms with van der Waals surface area (Å²) in [4.78, 5) is 45.6. The maximum Gasteiger partial charge on any atom is 0.410 e. The molecular weight excluding hydrogens is 527 g/mol. The lowest BCUT2D eigenvalue weighted by molar-refractivity contribution is -0.122. The fourth-order valence-electron chi connectivity index (χ4n) is 5.91. The van der Waals surface area contributed by atoms with Crippen molar-refractivity contribution in [3.63, 3.8) is 0 Å². The van der Waals surface area contributed by atoms with Crippen LogP contribution in [0, 0.1) is 29.0 Å². The number of carbonyl (C=O) groups is 3. The van der Waals surface area contributed by atoms with Gasteiger partial charge in [0.05, 0.1) is 21.8 Å². The van der Waals surface area contributed by atoms with Crippen LogP contribution in [0.1, 0.15) is 57.3 Å². The number of ketones is 1. The van der Waals surface area contributed by atoms with E-state index in [1.54, 1.807) is 17.0 Å². The summed E-state index contributed by atoms with van der Waals surface area (Å²) in [5, 5.41) is 6.20. The second kappa shape index (κ2) is 9.51. The van der Waals surface area contributed by atoms with Gasteiger partial charge in [-0.1, -0.05) is 32.1 Å². The number of halogens is 1. The molecule has 2 amide bonds. The Hall–Kier alpha value is -2.66. The highest BCUT2D eigenvalue weighted by atomic mass is 32.1. The van der Waals surface area contributed by atoms with Crippen LogP contribution in [-0.2, 0) is 9.53 Å². The predicted octanol–water partition coefficient (Wildman–Crippen LogP) is 4.32. The average molecular weight is 561 g/mol. The van der Waals surface area contributed by atoms with Gasteiger partial charge >= 0.3 is 6.09 Å². The van der Waals surface area contributed by atoms with Crippen molar-refractivity contribution in [3.05, 3.63) is 29.0 Å². The van der Waals surface area contributed by atoms with Gasteiger partial charge in [0.15, 0.2) is 5.01 Å². The molecule has 0 spiro atoms. The molecule has 0 unspecified atom stereocenters. The number of Topliss-reactive ketones (excluding diaryl/α,β-unsaturated/α-hetero) is 1. The largest absolute Gasteiger partial charge is 0.444 e. The van der Waals surface area contributed by atoms with Gasteiger partial charge in [-0.05, 0) is 63.0 Å². The van der Waals surface area contributed by atoms with Gasteiger partial charge in [0, 0.05) is 19.0 Å². The second-order valence-corrected chi connectivity index (χ2v) is 13.5. The zero-order valence-corrected chi connectivity index (χ0v) is 23.8. The number of nitrogens with one attached hydrogen (secondary N) is 2. The molecule has 2 aromatic rings. The maximum atomic E-state index is 14.3. The second-order valence-electron chi connectivity index (χ2n) is 12.1. The molecule has 0 radical (unpaired) electrons. The van der Waals surface area contributed by atoms with Gasteiger partial charge in [-0.15, -0.1) is 11.3 Å². The van der Waals surface area contributed by atoms with E-state index in [0.717, 1.165) is 11.3 Å². The number of piperidine rings is 1. The van der Waals surface area contributed by atoms with E-state index in [4.69, 9.17) is 17.0 Å². The molecule has 1 aromatic carbocycles. The zero-order valence-electron chi connectivity index (χ0n) is 22.2. The molecule has 5 rings (SSSR count). The van der Waals surface area contributed by atoms with E-state index in [9.17, 15) is 18.8 Å². The fraction of sp³-hybridized carbons (Fsp3) is 0.593. The molecule has 204 valence electrons. The first-order valence-electron chi connectivity index (χ1n) is 12.9. The molecule has 2 saturated heterocycles. The van der Waals surface area contributed by atoms with Crippen molar-refractivity contribution in [1.82, 2.24) is 20.5 Å². The number of hydrogen-bond acceptors (Lipinski definition) is 7. The van der Waals surface area contributed by atoms with Gasteiger partial charge in [-0.2, -0.15) is 0 Å². The van der Waals surface area contributed by atoms with Gasteiger partial charge < -0.3 is 15.4 Å². The van der Waals surface area contributed by atoms with Crippen molar-refractivity contribution in [1.29, 1.82) is 0 Å². The van der Waals surface area contributed by atoms with Crippen molar-refractivity contribution in [2.75, 3.05) is 13.1 Å². The number of thiazole rings is 1. The van der Waals surface area contributed by atoms with E-state index in [0.29, 0.717) is 29.2 Å². The van der Waals surface area contributed by atoms with Crippen LogP contribution in [-0.4, -0.2) is 63.4 Å². The number of benzene rings is 1. The Kier molecular flexibility index (Phi) is 6.74. The van der Waals surface area contributed by atoms with Crippen LogP contribution in [0.4, 0.5) is 9.18 Å². The molecule has 5 atom stereocenters. The van der Waals surface area contributed by atoms with Crippen LogP contribution in [0.2, 0.25) is 0 Å². The molecule has 8 nitrogen and oxygen atoms in total. The van der Waals surface area contributed by atoms with Crippen molar-refractivity contribution < 1.29 is 23.5 Å². The van der Waals surface area contributed by atoms with Crippen molar-refractivity contribution in [2.45, 2.75) is 65.1 Å². The lowest BCUT2D eigenvalue weighted by Gasteiger charge is -2.34. The van der Waals surface area contributed by atoms with E-state index >= 15 is 0 Å². The van der Waals surface area contributed by atoms with E-state index in [1.165, 1.54) is 6.07 Å². The Labute approximate surface area is 230 Å². The number of aromatic nitrogens is 1. The van der Waals surface area contributed by atoms with E-state index in [-0.39, 0.29) is 51.8 Å². The lowest BCUT2D eigenvalue weighted by atomic mass is 9.95. The molecule has 2 aliphatic heterocycles. The number of rotatable bonds is 6. The molecule has 1 saturated carbocycles. The Morgan fingerprint density at radius 3 is 2.74 bits per heavy atom. The number of nitrogens with zero attached hydrogens (tertiary/aromatic N) is 2. The molecule has 3 fully saturated rings. The van der Waals surface area contributed by atoms with Crippen LogP contribution in [0.15, 0.2) is 18.2 Å². The smallest absolute Gasteiger partial charge is 0.410 e. The summed E-state index contributed by atoms with van der Waals surface area (Å²) in [5.41, 5.74) is -0.505. The number of ether oxygens (including phenoxy) is 1. The lowest BCUT2D eigenvalue weighted by Crippen LogP contribution is -2.54. The Bertz CT molecular complexity index is 1320. The van der Waals surface area contributed by atoms with Gasteiger partial charge in [0.2, 0.25) is 11.7 Å². The summed E-state index contributed by atoms with van der Waals surface area (Å²) >= 11 is 6.99. The maximum absolute atomic E-state index is 14.3. The number of amides is 2. The fourth-order valence-corrected chi connectivity index (χ4v) is 7.30. The summed E-state index contributed by atoms with van der Waals surface area (Å²) in [5.74, 6) is -0.889. The highest BCUT2D eigenvalue weighted by Crippen LogP contribution is 2.65. The third kappa shape index (κ3) is 4.90. The molecular formula is C27H33FN4O4S2. The first kappa shape index (κ1) is 26.9. The summed E-state index contributed by atoms with van der Waals surface area (Å²) in [6.45, 7) is 10.9. The van der Waals surface area contributed by atoms with Gasteiger partial charge in [-0.25, -0.2) is 14.2 Å². The van der Waals surface area contributed by atoms with Gasteiger partial charge in [0.1, 0.15) is 16.9 Å². The molecule has 2 N–H and O–H groups in total. The Morgan fingerprint density at radius 2 is 2.11 bits per heavy atom. The monoisotopic (exact) mass is 560 g/mol. The van der Waals surface area contributed by atoms with Crippen LogP contribution in [0.25, 0.3) is 10.2 Å². The molecule has 1 aliphatic carbocycles. The third-order valence-corrected chi connectivity index (χ3v) is 9.40. The molecule has 38 heavy (non-hydrogen) atoms. The number of para-hydroxylation sites is 1. The first-order chi connectivity index (χ1) is 17.8. The first-order valence-corrected chi connectivity index (χ1v) is 14.2. The number of likely N-dealkylation sites (tertiary alicyclic amines) is 1. The molecule has 3 heterocycles. The number of fused-ring (bicyclic) bond motifs is 2. The van der Waals surface area contributed by atoms with Crippen LogP contribution in [0.5, 0.6) is 0 Å². The van der Waals surface area contributed by atoms with E-state index < -0.39 is 29.6 Å². The highest BCUT2D eigenvalue weighted by molar-refractivity contribution is 7.80. The topological polar surface area (TPSA) is 101 Å². The summed E-state index contributed by atoms with van der Waals surface area (Å²) < 4.78 is 20.5. The summed E-state index contributed by atoms with van der Waals surface area (Å²) in [6, 6.07) is 3.33. The minimum atomic E-state index is -0.846. The standard InChI is InChI=1S/C27H33FN4O4S2/c1-26(2,3)36-25(35)32-12-14-18(27(14,4)5)20(32)23(37)30-16(11-13-9-10-29-22(13)34)21(33)24-31-19-15(28)7-6-8-17(19)38-24/h6-8,13-14,16,18,20H,9-12H2,1-5H3,(H,29,34)(H,30,37)/t13-,14-,16-,18-,20-/m0/s1. The number of thiocarbonyl (C=S) groups is 1. The van der Waals surface area contributed by atoms with Crippen molar-refractivity contribution in [3.8, 4) is 0 Å². The molecule has 3 aliphatic rings. The zero-order chi connectivity index (χ0) is 27.6. The van der Waals surface area contributed by atoms with Gasteiger partial charge in [0.25, 0.3) is 0 Å². The van der Waals surface area contributed by atoms with E-state index in [2.05, 4.69) is 29.5 Å².